The first kappa shape index (κ1) is 23.1. The molecule has 2 atom stereocenters. The fraction of sp³-hybridized carbons (Fsp3) is 0.375. The number of carbonyl (C=O) groups excluding carboxylic acids is 1. The lowest BCUT2D eigenvalue weighted by Crippen LogP contribution is -2.50. The number of pyridine rings is 2. The first-order valence-corrected chi connectivity index (χ1v) is 11.4. The molecule has 2 aliphatic heterocycles. The average molecular weight is 483 g/mol. The van der Waals surface area contributed by atoms with Gasteiger partial charge in [0.15, 0.2) is 5.82 Å². The van der Waals surface area contributed by atoms with Crippen molar-refractivity contribution in [2.75, 3.05) is 49.8 Å². The van der Waals surface area contributed by atoms with Crippen LogP contribution in [0.4, 0.5) is 26.4 Å². The molecule has 11 heteroatoms. The molecule has 0 spiro atoms. The molecule has 3 aromatic rings. The standard InChI is InChI=1S/C24H27FN6O4/c1-12-15(9-29-23-22(12)27-4-6-35-23)14-7-13-8-19(28-10-16(13)21(26)20(14)25)31-24(32)30-17-3-5-34-11-18(17)33-2/h7-10,17-18,27H,3-6,11,26H2,1-2H3,(H2,28,30,31,32)/t17-,18-/m1/s1. The minimum Gasteiger partial charge on any atom is -0.474 e. The Bertz CT molecular complexity index is 1290. The Morgan fingerprint density at radius 3 is 2.94 bits per heavy atom. The van der Waals surface area contributed by atoms with Crippen LogP contribution in [-0.2, 0) is 9.47 Å². The first-order valence-electron chi connectivity index (χ1n) is 11.4. The van der Waals surface area contributed by atoms with Crippen molar-refractivity contribution >= 4 is 34.0 Å². The number of rotatable bonds is 4. The van der Waals surface area contributed by atoms with E-state index in [1.807, 2.05) is 6.92 Å². The second-order valence-corrected chi connectivity index (χ2v) is 8.54. The lowest BCUT2D eigenvalue weighted by atomic mass is 9.97. The number of halogens is 1. The summed E-state index contributed by atoms with van der Waals surface area (Å²) in [5.74, 6) is 0.251. The number of nitrogens with two attached hydrogens (primary N) is 1. The van der Waals surface area contributed by atoms with Gasteiger partial charge in [0.25, 0.3) is 0 Å². The highest BCUT2D eigenvalue weighted by Gasteiger charge is 2.27. The van der Waals surface area contributed by atoms with E-state index in [-0.39, 0.29) is 17.8 Å². The number of aromatic nitrogens is 2. The molecule has 0 aliphatic carbocycles. The number of amides is 2. The summed E-state index contributed by atoms with van der Waals surface area (Å²) in [5, 5.41) is 9.99. The van der Waals surface area contributed by atoms with Gasteiger partial charge in [0, 0.05) is 49.2 Å². The molecule has 4 heterocycles. The molecular weight excluding hydrogens is 455 g/mol. The van der Waals surface area contributed by atoms with Crippen LogP contribution in [0.1, 0.15) is 12.0 Å². The zero-order valence-corrected chi connectivity index (χ0v) is 19.5. The van der Waals surface area contributed by atoms with Gasteiger partial charge in [0.2, 0.25) is 5.88 Å². The van der Waals surface area contributed by atoms with Crippen molar-refractivity contribution < 1.29 is 23.4 Å². The molecule has 1 fully saturated rings. The van der Waals surface area contributed by atoms with E-state index < -0.39 is 11.8 Å². The maximum Gasteiger partial charge on any atom is 0.320 e. The van der Waals surface area contributed by atoms with E-state index >= 15 is 4.39 Å². The summed E-state index contributed by atoms with van der Waals surface area (Å²) < 4.78 is 31.7. The van der Waals surface area contributed by atoms with E-state index in [0.29, 0.717) is 66.4 Å². The van der Waals surface area contributed by atoms with Crippen LogP contribution >= 0.6 is 0 Å². The Morgan fingerprint density at radius 1 is 1.26 bits per heavy atom. The number of benzene rings is 1. The number of nitrogens with one attached hydrogen (secondary N) is 3. The average Bonchev–Trinajstić information content (AvgIpc) is 2.87. The van der Waals surface area contributed by atoms with Crippen LogP contribution in [0.5, 0.6) is 5.88 Å². The van der Waals surface area contributed by atoms with E-state index in [1.54, 1.807) is 25.4 Å². The maximum absolute atomic E-state index is 15.3. The van der Waals surface area contributed by atoms with Crippen molar-refractivity contribution in [3.8, 4) is 17.0 Å². The third kappa shape index (κ3) is 4.40. The highest BCUT2D eigenvalue weighted by Crippen LogP contribution is 2.39. The molecule has 5 rings (SSSR count). The number of nitrogen functional groups attached to an aromatic ring is 1. The van der Waals surface area contributed by atoms with Gasteiger partial charge >= 0.3 is 6.03 Å². The van der Waals surface area contributed by atoms with Crippen LogP contribution < -0.4 is 26.4 Å². The van der Waals surface area contributed by atoms with Gasteiger partial charge in [0.05, 0.1) is 18.3 Å². The summed E-state index contributed by atoms with van der Waals surface area (Å²) in [6.45, 7) is 4.01. The van der Waals surface area contributed by atoms with Gasteiger partial charge < -0.3 is 30.6 Å². The summed E-state index contributed by atoms with van der Waals surface area (Å²) in [4.78, 5) is 21.2. The van der Waals surface area contributed by atoms with Crippen molar-refractivity contribution in [2.45, 2.75) is 25.5 Å². The molecule has 0 saturated carbocycles. The highest BCUT2D eigenvalue weighted by molar-refractivity contribution is 6.00. The molecule has 2 aromatic heterocycles. The number of hydrogen-bond acceptors (Lipinski definition) is 8. The molecule has 2 amide bonds. The Hall–Kier alpha value is -3.70. The predicted molar refractivity (Wildman–Crippen MR) is 130 cm³/mol. The number of urea groups is 1. The van der Waals surface area contributed by atoms with Gasteiger partial charge in [-0.15, -0.1) is 0 Å². The Labute approximate surface area is 201 Å². The summed E-state index contributed by atoms with van der Waals surface area (Å²) in [6, 6.07) is 2.75. The van der Waals surface area contributed by atoms with Gasteiger partial charge in [-0.25, -0.2) is 19.2 Å². The third-order valence-corrected chi connectivity index (χ3v) is 6.40. The van der Waals surface area contributed by atoms with Crippen LogP contribution in [0, 0.1) is 12.7 Å². The van der Waals surface area contributed by atoms with E-state index in [9.17, 15) is 4.79 Å². The number of nitrogens with zero attached hydrogens (tertiary/aromatic N) is 2. The number of ether oxygens (including phenoxy) is 3. The van der Waals surface area contributed by atoms with E-state index in [0.717, 1.165) is 11.3 Å². The normalized spacial score (nSPS) is 19.4. The lowest BCUT2D eigenvalue weighted by Gasteiger charge is -2.30. The van der Waals surface area contributed by atoms with Gasteiger partial charge in [-0.05, 0) is 36.4 Å². The quantitative estimate of drug-likeness (QED) is 0.417. The largest absolute Gasteiger partial charge is 0.474 e. The topological polar surface area (TPSA) is 133 Å². The van der Waals surface area contributed by atoms with Crippen LogP contribution in [0.2, 0.25) is 0 Å². The highest BCUT2D eigenvalue weighted by atomic mass is 19.1. The number of methoxy groups -OCH3 is 1. The number of hydrogen-bond donors (Lipinski definition) is 4. The van der Waals surface area contributed by atoms with Crippen LogP contribution in [-0.4, -0.2) is 61.6 Å². The monoisotopic (exact) mass is 482 g/mol. The summed E-state index contributed by atoms with van der Waals surface area (Å²) in [5.41, 5.74) is 8.58. The van der Waals surface area contributed by atoms with E-state index in [1.165, 1.54) is 6.20 Å². The number of fused-ring (bicyclic) bond motifs is 2. The first-order chi connectivity index (χ1) is 17.0. The zero-order valence-electron chi connectivity index (χ0n) is 19.5. The molecule has 0 bridgehead atoms. The second-order valence-electron chi connectivity index (χ2n) is 8.54. The fourth-order valence-electron chi connectivity index (χ4n) is 4.48. The molecule has 184 valence electrons. The Morgan fingerprint density at radius 2 is 2.11 bits per heavy atom. The maximum atomic E-state index is 15.3. The molecular formula is C24H27FN6O4. The molecule has 2 aliphatic rings. The second kappa shape index (κ2) is 9.51. The van der Waals surface area contributed by atoms with Crippen molar-refractivity contribution in [3.05, 3.63) is 35.9 Å². The minimum atomic E-state index is -0.551. The van der Waals surface area contributed by atoms with Crippen molar-refractivity contribution in [3.63, 3.8) is 0 Å². The van der Waals surface area contributed by atoms with Crippen LogP contribution in [0.15, 0.2) is 24.5 Å². The molecule has 1 saturated heterocycles. The van der Waals surface area contributed by atoms with E-state index in [2.05, 4.69) is 25.9 Å². The summed E-state index contributed by atoms with van der Waals surface area (Å²) >= 11 is 0. The molecule has 1 aromatic carbocycles. The number of anilines is 3. The summed E-state index contributed by atoms with van der Waals surface area (Å²) in [6.07, 6.45) is 3.45. The predicted octanol–water partition coefficient (Wildman–Crippen LogP) is 3.06. The van der Waals surface area contributed by atoms with E-state index in [4.69, 9.17) is 19.9 Å². The molecule has 5 N–H and O–H groups in total. The zero-order chi connectivity index (χ0) is 24.5. The smallest absolute Gasteiger partial charge is 0.320 e. The van der Waals surface area contributed by atoms with Gasteiger partial charge in [-0.3, -0.25) is 5.32 Å². The van der Waals surface area contributed by atoms with Gasteiger partial charge in [-0.2, -0.15) is 0 Å². The molecule has 0 radical (unpaired) electrons. The SMILES string of the molecule is CO[C@@H]1COCC[C@H]1NC(=O)Nc1cc2cc(-c3cnc4c(c3C)NCCO4)c(F)c(N)c2cn1. The molecule has 0 unspecified atom stereocenters. The van der Waals surface area contributed by atoms with Gasteiger partial charge in [-0.1, -0.05) is 0 Å². The molecule has 10 nitrogen and oxygen atoms in total. The fourth-order valence-corrected chi connectivity index (χ4v) is 4.48. The lowest BCUT2D eigenvalue weighted by molar-refractivity contribution is -0.0466. The number of carbonyl (C=O) groups is 1. The van der Waals surface area contributed by atoms with Crippen molar-refractivity contribution in [1.29, 1.82) is 0 Å². The van der Waals surface area contributed by atoms with Crippen LogP contribution in [0.3, 0.4) is 0 Å². The third-order valence-electron chi connectivity index (χ3n) is 6.40. The Kier molecular flexibility index (Phi) is 6.27. The summed E-state index contributed by atoms with van der Waals surface area (Å²) in [7, 11) is 1.58. The minimum absolute atomic E-state index is 0.0209. The van der Waals surface area contributed by atoms with Gasteiger partial charge in [0.1, 0.15) is 24.2 Å². The molecule has 35 heavy (non-hydrogen) atoms. The van der Waals surface area contributed by atoms with Crippen molar-refractivity contribution in [1.82, 2.24) is 15.3 Å². The van der Waals surface area contributed by atoms with Crippen molar-refractivity contribution in [2.24, 2.45) is 0 Å². The van der Waals surface area contributed by atoms with Crippen LogP contribution in [0.25, 0.3) is 21.9 Å². The Balaban J connectivity index is 1.44.